The van der Waals surface area contributed by atoms with Gasteiger partial charge in [0.2, 0.25) is 0 Å². The van der Waals surface area contributed by atoms with E-state index in [1.54, 1.807) is 6.07 Å². The van der Waals surface area contributed by atoms with Gasteiger partial charge in [0.15, 0.2) is 0 Å². The zero-order valence-corrected chi connectivity index (χ0v) is 16.4. The molecule has 2 N–H and O–H groups in total. The van der Waals surface area contributed by atoms with E-state index in [4.69, 9.17) is 0 Å². The molecule has 1 aliphatic rings. The summed E-state index contributed by atoms with van der Waals surface area (Å²) in [6.45, 7) is 1.10. The fraction of sp³-hybridized carbons (Fsp3) is 0.333. The minimum Gasteiger partial charge on any atom is -0.428 e. The molecule has 2 heterocycles. The molecule has 1 aromatic heterocycles. The average molecular weight is 478 g/mol. The van der Waals surface area contributed by atoms with Crippen molar-refractivity contribution in [3.05, 3.63) is 46.6 Å². The van der Waals surface area contributed by atoms with E-state index in [2.05, 4.69) is 31.0 Å². The molecular formula is C18H16BrF4N3O3. The number of pyridine rings is 1. The first-order chi connectivity index (χ1) is 13.7. The summed E-state index contributed by atoms with van der Waals surface area (Å²) in [5.41, 5.74) is 0.496. The molecule has 3 rings (SSSR count). The van der Waals surface area contributed by atoms with Crippen molar-refractivity contribution < 1.29 is 32.2 Å². The monoisotopic (exact) mass is 477 g/mol. The van der Waals surface area contributed by atoms with Gasteiger partial charge in [0.1, 0.15) is 11.6 Å². The number of nitrogens with one attached hydrogen (secondary N) is 1. The maximum atomic E-state index is 12.9. The lowest BCUT2D eigenvalue weighted by Crippen LogP contribution is -2.33. The molecule has 0 saturated carbocycles. The Morgan fingerprint density at radius 2 is 2.03 bits per heavy atom. The molecule has 1 amide bonds. The van der Waals surface area contributed by atoms with Crippen molar-refractivity contribution in [3.63, 3.8) is 0 Å². The highest BCUT2D eigenvalue weighted by Gasteiger charge is 2.43. The second-order valence-electron chi connectivity index (χ2n) is 6.36. The quantitative estimate of drug-likeness (QED) is 0.617. The van der Waals surface area contributed by atoms with Gasteiger partial charge >= 0.3 is 12.5 Å². The first kappa shape index (κ1) is 21.3. The second kappa shape index (κ2) is 8.54. The van der Waals surface area contributed by atoms with Crippen molar-refractivity contribution in [2.75, 3.05) is 23.3 Å². The Bertz CT molecular complexity index is 883. The molecule has 1 aliphatic heterocycles. The van der Waals surface area contributed by atoms with Crippen molar-refractivity contribution in [2.45, 2.75) is 25.1 Å². The minimum absolute atomic E-state index is 0.241. The van der Waals surface area contributed by atoms with Gasteiger partial charge in [-0.25, -0.2) is 4.98 Å². The summed E-state index contributed by atoms with van der Waals surface area (Å²) in [6.07, 6.45) is -6.96. The van der Waals surface area contributed by atoms with E-state index in [-0.39, 0.29) is 11.3 Å². The van der Waals surface area contributed by atoms with Gasteiger partial charge in [-0.15, -0.1) is 0 Å². The molecule has 0 bridgehead atoms. The van der Waals surface area contributed by atoms with Gasteiger partial charge in [-0.2, -0.15) is 17.6 Å². The first-order valence-corrected chi connectivity index (χ1v) is 9.30. The third-order valence-corrected chi connectivity index (χ3v) is 4.75. The van der Waals surface area contributed by atoms with E-state index >= 15 is 0 Å². The normalized spacial score (nSPS) is 16.9. The number of aliphatic hydroxyl groups excluding tert-OH is 1. The van der Waals surface area contributed by atoms with Crippen LogP contribution in [0.3, 0.4) is 0 Å². The van der Waals surface area contributed by atoms with Crippen LogP contribution in [0.15, 0.2) is 41.0 Å². The Labute approximate surface area is 171 Å². The molecule has 1 atom stereocenters. The number of nitrogens with zero attached hydrogens (tertiary/aromatic N) is 2. The minimum atomic E-state index is -4.60. The summed E-state index contributed by atoms with van der Waals surface area (Å²) in [5, 5.41) is 12.2. The Morgan fingerprint density at radius 3 is 2.59 bits per heavy atom. The Kier molecular flexibility index (Phi) is 6.27. The van der Waals surface area contributed by atoms with Gasteiger partial charge in [-0.3, -0.25) is 4.79 Å². The molecule has 2 aromatic rings. The van der Waals surface area contributed by atoms with Gasteiger partial charge in [0, 0.05) is 25.0 Å². The largest absolute Gasteiger partial charge is 0.461 e. The van der Waals surface area contributed by atoms with Crippen molar-refractivity contribution in [2.24, 2.45) is 0 Å². The zero-order valence-electron chi connectivity index (χ0n) is 14.8. The third-order valence-electron chi connectivity index (χ3n) is 4.17. The van der Waals surface area contributed by atoms with Gasteiger partial charge in [-0.05, 0) is 52.7 Å². The van der Waals surface area contributed by atoms with Crippen LogP contribution in [-0.4, -0.2) is 47.7 Å². The Hall–Kier alpha value is -2.40. The van der Waals surface area contributed by atoms with Crippen LogP contribution in [0.1, 0.15) is 16.8 Å². The van der Waals surface area contributed by atoms with E-state index in [0.29, 0.717) is 29.8 Å². The predicted molar refractivity (Wildman–Crippen MR) is 101 cm³/mol. The predicted octanol–water partition coefficient (Wildman–Crippen LogP) is 3.90. The number of benzene rings is 1. The lowest BCUT2D eigenvalue weighted by Gasteiger charge is -2.18. The van der Waals surface area contributed by atoms with Gasteiger partial charge in [0.25, 0.3) is 5.91 Å². The fourth-order valence-electron chi connectivity index (χ4n) is 2.73. The number of aromatic nitrogens is 1. The van der Waals surface area contributed by atoms with E-state index in [9.17, 15) is 27.5 Å². The molecule has 0 unspecified atom stereocenters. The van der Waals surface area contributed by atoms with E-state index < -0.39 is 30.3 Å². The standard InChI is InChI=1S/C18H16BrF4N3O3/c19-14-7-10(8-24-15(14)26-6-5-12(27)9-26)16(28)25-11-1-3-13(4-2-11)29-18(22,23)17(20)21/h1-4,7-8,12,17,27H,5-6,9H2,(H,25,28)/t12-/m1/s1. The van der Waals surface area contributed by atoms with E-state index in [1.807, 2.05) is 4.90 Å². The topological polar surface area (TPSA) is 74.7 Å². The number of aliphatic hydroxyl groups is 1. The number of hydrogen-bond donors (Lipinski definition) is 2. The van der Waals surface area contributed by atoms with Gasteiger partial charge < -0.3 is 20.1 Å². The number of carbonyl (C=O) groups excluding carboxylic acids is 1. The first-order valence-electron chi connectivity index (χ1n) is 8.50. The van der Waals surface area contributed by atoms with Gasteiger partial charge in [-0.1, -0.05) is 0 Å². The molecule has 1 saturated heterocycles. The highest BCUT2D eigenvalue weighted by atomic mass is 79.9. The van der Waals surface area contributed by atoms with Crippen molar-refractivity contribution in [1.29, 1.82) is 0 Å². The van der Waals surface area contributed by atoms with E-state index in [0.717, 1.165) is 12.1 Å². The van der Waals surface area contributed by atoms with Crippen molar-refractivity contribution in [1.82, 2.24) is 4.98 Å². The molecule has 0 radical (unpaired) electrons. The van der Waals surface area contributed by atoms with Crippen LogP contribution in [0.5, 0.6) is 5.75 Å². The summed E-state index contributed by atoms with van der Waals surface area (Å²) < 4.78 is 54.7. The molecule has 6 nitrogen and oxygen atoms in total. The number of anilines is 2. The summed E-state index contributed by atoms with van der Waals surface area (Å²) in [5.74, 6) is -0.354. The number of hydrogen-bond acceptors (Lipinski definition) is 5. The summed E-state index contributed by atoms with van der Waals surface area (Å²) in [6, 6.07) is 6.15. The van der Waals surface area contributed by atoms with Crippen LogP contribution in [0.25, 0.3) is 0 Å². The molecule has 156 valence electrons. The second-order valence-corrected chi connectivity index (χ2v) is 7.22. The van der Waals surface area contributed by atoms with E-state index in [1.165, 1.54) is 18.3 Å². The highest BCUT2D eigenvalue weighted by molar-refractivity contribution is 9.10. The molecule has 0 spiro atoms. The number of amides is 1. The smallest absolute Gasteiger partial charge is 0.428 e. The molecule has 0 aliphatic carbocycles. The van der Waals surface area contributed by atoms with Crippen molar-refractivity contribution >= 4 is 33.3 Å². The fourth-order valence-corrected chi connectivity index (χ4v) is 3.33. The number of carbonyl (C=O) groups is 1. The molecule has 29 heavy (non-hydrogen) atoms. The van der Waals surface area contributed by atoms with Gasteiger partial charge in [0.05, 0.1) is 16.1 Å². The maximum Gasteiger partial charge on any atom is 0.461 e. The number of halogens is 5. The van der Waals surface area contributed by atoms with Crippen LogP contribution in [0.4, 0.5) is 29.1 Å². The van der Waals surface area contributed by atoms with Crippen molar-refractivity contribution in [3.8, 4) is 5.75 Å². The number of β-amino-alcohol motifs (C(OH)–C–C–N with tert-alkyl or cyclic N) is 1. The molecule has 1 fully saturated rings. The van der Waals surface area contributed by atoms with Crippen LogP contribution >= 0.6 is 15.9 Å². The summed E-state index contributed by atoms with van der Waals surface area (Å²) >= 11 is 3.37. The Morgan fingerprint density at radius 1 is 1.34 bits per heavy atom. The van der Waals surface area contributed by atoms with Crippen LogP contribution < -0.4 is 15.0 Å². The third kappa shape index (κ3) is 5.15. The highest BCUT2D eigenvalue weighted by Crippen LogP contribution is 2.29. The Balaban J connectivity index is 1.65. The van der Waals surface area contributed by atoms with Crippen LogP contribution in [0.2, 0.25) is 0 Å². The summed E-state index contributed by atoms with van der Waals surface area (Å²) in [4.78, 5) is 18.5. The lowest BCUT2D eigenvalue weighted by molar-refractivity contribution is -0.253. The average Bonchev–Trinajstić information content (AvgIpc) is 3.09. The SMILES string of the molecule is O=C(Nc1ccc(OC(F)(F)C(F)F)cc1)c1cnc(N2CC[C@@H](O)C2)c(Br)c1. The number of rotatable bonds is 6. The number of alkyl halides is 4. The van der Waals surface area contributed by atoms with Crippen LogP contribution in [-0.2, 0) is 0 Å². The lowest BCUT2D eigenvalue weighted by atomic mass is 10.2. The molecule has 1 aromatic carbocycles. The molecule has 11 heteroatoms. The zero-order chi connectivity index (χ0) is 21.2. The number of ether oxygens (including phenoxy) is 1. The molecular weight excluding hydrogens is 462 g/mol. The summed E-state index contributed by atoms with van der Waals surface area (Å²) in [7, 11) is 0. The van der Waals surface area contributed by atoms with Crippen LogP contribution in [0, 0.1) is 0 Å². The maximum absolute atomic E-state index is 12.9.